The van der Waals surface area contributed by atoms with Crippen LogP contribution >= 0.6 is 11.6 Å². The van der Waals surface area contributed by atoms with E-state index in [-0.39, 0.29) is 5.91 Å². The minimum atomic E-state index is -0.193. The van der Waals surface area contributed by atoms with Crippen molar-refractivity contribution in [2.45, 2.75) is 13.5 Å². The fourth-order valence-corrected chi connectivity index (χ4v) is 3.24. The van der Waals surface area contributed by atoms with Crippen molar-refractivity contribution < 1.29 is 4.79 Å². The van der Waals surface area contributed by atoms with E-state index < -0.39 is 0 Å². The maximum absolute atomic E-state index is 12.9. The first-order valence-corrected chi connectivity index (χ1v) is 9.31. The summed E-state index contributed by atoms with van der Waals surface area (Å²) in [6, 6.07) is 19.3. The number of hydrogen-bond donors (Lipinski definition) is 1. The first-order chi connectivity index (χ1) is 13.6. The Balaban J connectivity index is 1.67. The monoisotopic (exact) mass is 390 g/mol. The van der Waals surface area contributed by atoms with Crippen molar-refractivity contribution in [1.82, 2.24) is 19.7 Å². The number of benzene rings is 2. The van der Waals surface area contributed by atoms with Crippen molar-refractivity contribution >= 4 is 17.5 Å². The minimum Gasteiger partial charge on any atom is -0.348 e. The molecule has 0 radical (unpaired) electrons. The standard InChI is InChI=1S/C22H19ClN4O/c1-16-7-9-19(10-8-16)27-22(26-11-2-3-12-26)20(15-25-27)21(28)24-14-17-5-4-6-18(23)13-17/h2-13,15H,14H2,1H3,(H,24,28). The average Bonchev–Trinajstić information content (AvgIpc) is 3.36. The molecule has 0 aliphatic carbocycles. The van der Waals surface area contributed by atoms with Gasteiger partial charge in [0.1, 0.15) is 5.56 Å². The molecule has 2 aromatic carbocycles. The molecule has 1 amide bonds. The molecule has 28 heavy (non-hydrogen) atoms. The average molecular weight is 391 g/mol. The molecule has 4 rings (SSSR count). The lowest BCUT2D eigenvalue weighted by atomic mass is 10.2. The molecule has 2 heterocycles. The molecular weight excluding hydrogens is 372 g/mol. The molecule has 0 unspecified atom stereocenters. The molecule has 0 fully saturated rings. The summed E-state index contributed by atoms with van der Waals surface area (Å²) in [7, 11) is 0. The molecule has 2 aromatic heterocycles. The first kappa shape index (κ1) is 18.1. The Labute approximate surface area is 168 Å². The number of aryl methyl sites for hydroxylation is 1. The van der Waals surface area contributed by atoms with E-state index in [1.807, 2.05) is 84.5 Å². The van der Waals surface area contributed by atoms with Gasteiger partial charge in [-0.1, -0.05) is 41.4 Å². The third kappa shape index (κ3) is 3.70. The van der Waals surface area contributed by atoms with Crippen LogP contribution in [0.15, 0.2) is 79.3 Å². The Morgan fingerprint density at radius 2 is 1.82 bits per heavy atom. The predicted molar refractivity (Wildman–Crippen MR) is 110 cm³/mol. The van der Waals surface area contributed by atoms with Crippen LogP contribution in [0.25, 0.3) is 11.5 Å². The van der Waals surface area contributed by atoms with E-state index >= 15 is 0 Å². The molecule has 0 aliphatic rings. The largest absolute Gasteiger partial charge is 0.348 e. The van der Waals surface area contributed by atoms with Crippen molar-refractivity contribution in [3.05, 3.63) is 101 Å². The lowest BCUT2D eigenvalue weighted by Gasteiger charge is -2.11. The maximum Gasteiger partial charge on any atom is 0.256 e. The zero-order valence-corrected chi connectivity index (χ0v) is 16.1. The number of nitrogens with zero attached hydrogens (tertiary/aromatic N) is 3. The van der Waals surface area contributed by atoms with E-state index in [1.165, 1.54) is 0 Å². The van der Waals surface area contributed by atoms with Gasteiger partial charge in [0.2, 0.25) is 0 Å². The van der Waals surface area contributed by atoms with Crippen molar-refractivity contribution in [3.63, 3.8) is 0 Å². The normalized spacial score (nSPS) is 10.8. The molecule has 0 saturated heterocycles. The zero-order chi connectivity index (χ0) is 19.5. The molecule has 140 valence electrons. The summed E-state index contributed by atoms with van der Waals surface area (Å²) in [4.78, 5) is 12.9. The molecule has 0 bridgehead atoms. The van der Waals surface area contributed by atoms with Gasteiger partial charge in [0.05, 0.1) is 11.9 Å². The Hall–Kier alpha value is -3.31. The quantitative estimate of drug-likeness (QED) is 0.543. The summed E-state index contributed by atoms with van der Waals surface area (Å²) in [5.41, 5.74) is 3.49. The highest BCUT2D eigenvalue weighted by Crippen LogP contribution is 2.20. The number of carbonyl (C=O) groups is 1. The van der Waals surface area contributed by atoms with Crippen LogP contribution in [-0.4, -0.2) is 20.3 Å². The maximum atomic E-state index is 12.9. The van der Waals surface area contributed by atoms with Gasteiger partial charge in [0.25, 0.3) is 5.91 Å². The Morgan fingerprint density at radius 3 is 2.54 bits per heavy atom. The first-order valence-electron chi connectivity index (χ1n) is 8.93. The second-order valence-electron chi connectivity index (χ2n) is 6.53. The number of carbonyl (C=O) groups excluding carboxylic acids is 1. The van der Waals surface area contributed by atoms with E-state index in [1.54, 1.807) is 10.9 Å². The number of aromatic nitrogens is 3. The predicted octanol–water partition coefficient (Wildman–Crippen LogP) is 4.55. The van der Waals surface area contributed by atoms with Gasteiger partial charge in [-0.3, -0.25) is 4.79 Å². The van der Waals surface area contributed by atoms with E-state index in [0.717, 1.165) is 16.8 Å². The van der Waals surface area contributed by atoms with Crippen LogP contribution in [0.4, 0.5) is 0 Å². The van der Waals surface area contributed by atoms with Crippen LogP contribution in [-0.2, 0) is 6.54 Å². The summed E-state index contributed by atoms with van der Waals surface area (Å²) in [5, 5.41) is 8.08. The van der Waals surface area contributed by atoms with Crippen molar-refractivity contribution in [3.8, 4) is 11.5 Å². The second-order valence-corrected chi connectivity index (χ2v) is 6.97. The highest BCUT2D eigenvalue weighted by molar-refractivity contribution is 6.30. The SMILES string of the molecule is Cc1ccc(-n2ncc(C(=O)NCc3cccc(Cl)c3)c2-n2cccc2)cc1. The minimum absolute atomic E-state index is 0.193. The summed E-state index contributed by atoms with van der Waals surface area (Å²) in [6.45, 7) is 2.43. The van der Waals surface area contributed by atoms with Gasteiger partial charge in [0.15, 0.2) is 5.82 Å². The van der Waals surface area contributed by atoms with Gasteiger partial charge in [-0.25, -0.2) is 4.68 Å². The van der Waals surface area contributed by atoms with E-state index in [2.05, 4.69) is 10.4 Å². The third-order valence-corrected chi connectivity index (χ3v) is 4.69. The molecule has 5 nitrogen and oxygen atoms in total. The van der Waals surface area contributed by atoms with E-state index in [4.69, 9.17) is 11.6 Å². The Morgan fingerprint density at radius 1 is 1.07 bits per heavy atom. The lowest BCUT2D eigenvalue weighted by Crippen LogP contribution is -2.24. The molecule has 1 N–H and O–H groups in total. The van der Waals surface area contributed by atoms with Crippen molar-refractivity contribution in [2.75, 3.05) is 0 Å². The van der Waals surface area contributed by atoms with Gasteiger partial charge < -0.3 is 9.88 Å². The molecule has 0 spiro atoms. The third-order valence-electron chi connectivity index (χ3n) is 4.46. The van der Waals surface area contributed by atoms with Crippen LogP contribution in [0.1, 0.15) is 21.5 Å². The van der Waals surface area contributed by atoms with Crippen LogP contribution in [0.3, 0.4) is 0 Å². The van der Waals surface area contributed by atoms with E-state index in [0.29, 0.717) is 22.9 Å². The Kier molecular flexibility index (Phi) is 5.00. The van der Waals surface area contributed by atoms with Gasteiger partial charge in [-0.05, 0) is 48.9 Å². The second kappa shape index (κ2) is 7.74. The number of halogens is 1. The molecule has 4 aromatic rings. The van der Waals surface area contributed by atoms with Crippen LogP contribution in [0.2, 0.25) is 5.02 Å². The van der Waals surface area contributed by atoms with Crippen LogP contribution in [0, 0.1) is 6.92 Å². The number of rotatable bonds is 5. The number of hydrogen-bond acceptors (Lipinski definition) is 2. The summed E-state index contributed by atoms with van der Waals surface area (Å²) in [6.07, 6.45) is 5.40. The number of nitrogens with one attached hydrogen (secondary N) is 1. The number of amides is 1. The molecule has 0 saturated carbocycles. The molecule has 0 atom stereocenters. The van der Waals surface area contributed by atoms with Gasteiger partial charge >= 0.3 is 0 Å². The van der Waals surface area contributed by atoms with Crippen molar-refractivity contribution in [2.24, 2.45) is 0 Å². The van der Waals surface area contributed by atoms with Gasteiger partial charge in [-0.15, -0.1) is 0 Å². The zero-order valence-electron chi connectivity index (χ0n) is 15.3. The lowest BCUT2D eigenvalue weighted by molar-refractivity contribution is 0.0951. The Bertz CT molecular complexity index is 1100. The summed E-state index contributed by atoms with van der Waals surface area (Å²) >= 11 is 6.02. The van der Waals surface area contributed by atoms with Gasteiger partial charge in [-0.2, -0.15) is 5.10 Å². The van der Waals surface area contributed by atoms with Crippen molar-refractivity contribution in [1.29, 1.82) is 0 Å². The molecule has 6 heteroatoms. The fourth-order valence-electron chi connectivity index (χ4n) is 3.03. The highest BCUT2D eigenvalue weighted by Gasteiger charge is 2.19. The fraction of sp³-hybridized carbons (Fsp3) is 0.0909. The summed E-state index contributed by atoms with van der Waals surface area (Å²) in [5.74, 6) is 0.500. The van der Waals surface area contributed by atoms with E-state index in [9.17, 15) is 4.79 Å². The summed E-state index contributed by atoms with van der Waals surface area (Å²) < 4.78 is 3.66. The highest BCUT2D eigenvalue weighted by atomic mass is 35.5. The van der Waals surface area contributed by atoms with Crippen LogP contribution < -0.4 is 5.32 Å². The smallest absolute Gasteiger partial charge is 0.256 e. The topological polar surface area (TPSA) is 51.9 Å². The molecular formula is C22H19ClN4O. The molecule has 0 aliphatic heterocycles. The van der Waals surface area contributed by atoms with Gasteiger partial charge in [0, 0.05) is 24.0 Å². The van der Waals surface area contributed by atoms with Crippen LogP contribution in [0.5, 0.6) is 0 Å².